The third-order valence-corrected chi connectivity index (χ3v) is 6.61. The number of nitrogens with zero attached hydrogens (tertiary/aromatic N) is 1. The summed E-state index contributed by atoms with van der Waals surface area (Å²) < 4.78 is 33.9. The highest BCUT2D eigenvalue weighted by molar-refractivity contribution is 5.98. The van der Waals surface area contributed by atoms with E-state index in [1.165, 1.54) is 26.3 Å². The fourth-order valence-corrected chi connectivity index (χ4v) is 4.11. The molecule has 0 aliphatic heterocycles. The van der Waals surface area contributed by atoms with E-state index in [2.05, 4.69) is 10.3 Å². The Labute approximate surface area is 248 Å². The smallest absolute Gasteiger partial charge is 0.329 e. The molecule has 1 aromatic carbocycles. The van der Waals surface area contributed by atoms with Gasteiger partial charge >= 0.3 is 11.9 Å². The van der Waals surface area contributed by atoms with Crippen molar-refractivity contribution in [3.05, 3.63) is 48.3 Å². The number of benzene rings is 1. The lowest BCUT2D eigenvalue weighted by Crippen LogP contribution is -2.50. The third kappa shape index (κ3) is 10.2. The number of hydrogen-bond acceptors (Lipinski definition) is 10. The van der Waals surface area contributed by atoms with Crippen molar-refractivity contribution in [2.24, 2.45) is 5.92 Å². The van der Waals surface area contributed by atoms with Gasteiger partial charge < -0.3 is 33.7 Å². The number of methoxy groups -OCH3 is 1. The van der Waals surface area contributed by atoms with E-state index >= 15 is 0 Å². The molecule has 0 bridgehead atoms. The molecule has 11 nitrogen and oxygen atoms in total. The highest BCUT2D eigenvalue weighted by Crippen LogP contribution is 2.30. The van der Waals surface area contributed by atoms with Crippen LogP contribution in [-0.2, 0) is 23.8 Å². The van der Waals surface area contributed by atoms with Gasteiger partial charge in [0.25, 0.3) is 5.91 Å². The Hall–Kier alpha value is -3.86. The Balaban J connectivity index is 2.29. The average Bonchev–Trinajstić information content (AvgIpc) is 2.99. The molecule has 1 N–H and O–H groups in total. The molecule has 0 saturated carbocycles. The Morgan fingerprint density at radius 3 is 2.31 bits per heavy atom. The first-order valence-electron chi connectivity index (χ1n) is 14.3. The zero-order valence-electron chi connectivity index (χ0n) is 25.6. The van der Waals surface area contributed by atoms with Crippen LogP contribution in [0, 0.1) is 5.92 Å². The number of nitrogens with one attached hydrogen (secondary N) is 1. The molecule has 0 aliphatic rings. The molecule has 11 heteroatoms. The van der Waals surface area contributed by atoms with E-state index in [0.717, 1.165) is 6.42 Å². The predicted molar refractivity (Wildman–Crippen MR) is 155 cm³/mol. The first-order chi connectivity index (χ1) is 20.2. The fraction of sp³-hybridized carbons (Fsp3) is 0.548. The average molecular weight is 589 g/mol. The van der Waals surface area contributed by atoms with Crippen LogP contribution in [-0.4, -0.2) is 67.7 Å². The maximum Gasteiger partial charge on any atom is 0.329 e. The van der Waals surface area contributed by atoms with Crippen LogP contribution in [0.1, 0.15) is 71.3 Å². The molecule has 2 rings (SSSR count). The topological polar surface area (TPSA) is 132 Å². The number of carbonyl (C=O) groups is 3. The van der Waals surface area contributed by atoms with Crippen molar-refractivity contribution >= 4 is 17.8 Å². The number of para-hydroxylation sites is 1. The van der Waals surface area contributed by atoms with Gasteiger partial charge in [0.05, 0.1) is 13.2 Å². The molecule has 0 spiro atoms. The molecule has 5 atom stereocenters. The fourth-order valence-electron chi connectivity index (χ4n) is 4.11. The van der Waals surface area contributed by atoms with Gasteiger partial charge in [-0.05, 0) is 37.8 Å². The Bertz CT molecular complexity index is 1130. The molecular weight excluding hydrogens is 544 g/mol. The molecule has 0 unspecified atom stereocenters. The monoisotopic (exact) mass is 588 g/mol. The van der Waals surface area contributed by atoms with Crippen molar-refractivity contribution in [3.63, 3.8) is 0 Å². The summed E-state index contributed by atoms with van der Waals surface area (Å²) in [6.07, 6.45) is 1.79. The summed E-state index contributed by atoms with van der Waals surface area (Å²) in [5.41, 5.74) is -0.139. The summed E-state index contributed by atoms with van der Waals surface area (Å²) in [4.78, 5) is 42.3. The summed E-state index contributed by atoms with van der Waals surface area (Å²) in [5, 5.41) is 2.75. The van der Waals surface area contributed by atoms with Crippen molar-refractivity contribution in [3.8, 4) is 17.2 Å². The SMILES string of the molecule is CCCO[C@@H](CC)[C@@H](Oc1ccccc1)[C@H](C)OC(=O)[C@@H](NC(=O)c1nccc(OC)c1OCOC(C)=O)[C@@H](C)CC. The van der Waals surface area contributed by atoms with Crippen molar-refractivity contribution in [1.82, 2.24) is 10.3 Å². The van der Waals surface area contributed by atoms with Crippen LogP contribution in [0.3, 0.4) is 0 Å². The summed E-state index contributed by atoms with van der Waals surface area (Å²) in [5.74, 6) is -1.34. The lowest BCUT2D eigenvalue weighted by atomic mass is 9.98. The molecule has 2 aromatic rings. The molecule has 42 heavy (non-hydrogen) atoms. The van der Waals surface area contributed by atoms with Crippen LogP contribution in [0.15, 0.2) is 42.6 Å². The van der Waals surface area contributed by atoms with Gasteiger partial charge in [-0.1, -0.05) is 52.3 Å². The number of hydrogen-bond donors (Lipinski definition) is 1. The largest absolute Gasteiger partial charge is 0.493 e. The van der Waals surface area contributed by atoms with E-state index in [1.807, 2.05) is 58.0 Å². The molecule has 0 saturated heterocycles. The summed E-state index contributed by atoms with van der Waals surface area (Å²) in [6.45, 7) is 10.8. The molecule has 0 radical (unpaired) electrons. The van der Waals surface area contributed by atoms with Gasteiger partial charge in [0.1, 0.15) is 17.9 Å². The van der Waals surface area contributed by atoms with E-state index < -0.39 is 42.9 Å². The Morgan fingerprint density at radius 1 is 1.00 bits per heavy atom. The minimum absolute atomic E-state index is 0.0291. The zero-order chi connectivity index (χ0) is 31.1. The first-order valence-corrected chi connectivity index (χ1v) is 14.3. The van der Waals surface area contributed by atoms with E-state index in [1.54, 1.807) is 6.92 Å². The summed E-state index contributed by atoms with van der Waals surface area (Å²) in [7, 11) is 1.40. The number of pyridine rings is 1. The van der Waals surface area contributed by atoms with Crippen LogP contribution < -0.4 is 19.5 Å². The van der Waals surface area contributed by atoms with Gasteiger partial charge in [-0.2, -0.15) is 0 Å². The predicted octanol–water partition coefficient (Wildman–Crippen LogP) is 4.72. The number of aromatic nitrogens is 1. The molecule has 1 aromatic heterocycles. The minimum Gasteiger partial charge on any atom is -0.493 e. The van der Waals surface area contributed by atoms with Gasteiger partial charge in [0.15, 0.2) is 23.3 Å². The second kappa shape index (κ2) is 17.8. The normalized spacial score (nSPS) is 14.5. The minimum atomic E-state index is -1.01. The lowest BCUT2D eigenvalue weighted by Gasteiger charge is -2.33. The number of ether oxygens (including phenoxy) is 6. The van der Waals surface area contributed by atoms with Crippen LogP contribution >= 0.6 is 0 Å². The van der Waals surface area contributed by atoms with Gasteiger partial charge in [-0.25, -0.2) is 9.78 Å². The highest BCUT2D eigenvalue weighted by atomic mass is 16.7. The highest BCUT2D eigenvalue weighted by Gasteiger charge is 2.36. The molecular formula is C31H44N2O9. The zero-order valence-corrected chi connectivity index (χ0v) is 25.6. The van der Waals surface area contributed by atoms with Gasteiger partial charge in [-0.15, -0.1) is 0 Å². The van der Waals surface area contributed by atoms with Crippen LogP contribution in [0.25, 0.3) is 0 Å². The number of amides is 1. The number of rotatable bonds is 18. The van der Waals surface area contributed by atoms with Crippen molar-refractivity contribution in [2.75, 3.05) is 20.5 Å². The van der Waals surface area contributed by atoms with E-state index in [0.29, 0.717) is 25.2 Å². The van der Waals surface area contributed by atoms with Gasteiger partial charge in [-0.3, -0.25) is 9.59 Å². The van der Waals surface area contributed by atoms with Crippen molar-refractivity contribution < 1.29 is 42.8 Å². The second-order valence-corrected chi connectivity index (χ2v) is 9.78. The van der Waals surface area contributed by atoms with E-state index in [-0.39, 0.29) is 29.2 Å². The van der Waals surface area contributed by atoms with Gasteiger partial charge in [0.2, 0.25) is 6.79 Å². The van der Waals surface area contributed by atoms with E-state index in [9.17, 15) is 14.4 Å². The Morgan fingerprint density at radius 2 is 1.71 bits per heavy atom. The maximum absolute atomic E-state index is 13.6. The summed E-state index contributed by atoms with van der Waals surface area (Å²) in [6, 6.07) is 9.77. The van der Waals surface area contributed by atoms with Crippen molar-refractivity contribution in [2.45, 2.75) is 85.2 Å². The van der Waals surface area contributed by atoms with Gasteiger partial charge in [0, 0.05) is 25.8 Å². The van der Waals surface area contributed by atoms with E-state index in [4.69, 9.17) is 28.4 Å². The molecule has 1 amide bonds. The lowest BCUT2D eigenvalue weighted by molar-refractivity contribution is -0.162. The molecule has 0 aliphatic carbocycles. The Kier molecular flexibility index (Phi) is 14.6. The molecule has 0 fully saturated rings. The van der Waals surface area contributed by atoms with Crippen LogP contribution in [0.4, 0.5) is 0 Å². The number of esters is 2. The van der Waals surface area contributed by atoms with Crippen molar-refractivity contribution in [1.29, 1.82) is 0 Å². The standard InChI is InChI=1S/C31H44N2O9/c1-8-18-38-24(10-3)28(42-23-14-12-11-13-15-23)21(5)41-31(36)26(20(4)9-2)33-30(35)27-29(40-19-39-22(6)34)25(37-7)16-17-32-27/h11-17,20-21,24,26,28H,8-10,18-19H2,1-7H3,(H,33,35)/t20-,21-,24-,26-,28-/m0/s1. The van der Waals surface area contributed by atoms with Crippen LogP contribution in [0.5, 0.6) is 17.2 Å². The molecule has 232 valence electrons. The van der Waals surface area contributed by atoms with Crippen LogP contribution in [0.2, 0.25) is 0 Å². The second-order valence-electron chi connectivity index (χ2n) is 9.78. The maximum atomic E-state index is 13.6. The third-order valence-electron chi connectivity index (χ3n) is 6.61. The molecule has 1 heterocycles. The number of carbonyl (C=O) groups excluding carboxylic acids is 3. The first kappa shape index (κ1) is 34.3. The quantitative estimate of drug-likeness (QED) is 0.193. The summed E-state index contributed by atoms with van der Waals surface area (Å²) >= 11 is 0.